The third-order valence-electron chi connectivity index (χ3n) is 4.51. The molecule has 1 saturated heterocycles. The molecule has 0 aliphatic carbocycles. The Morgan fingerprint density at radius 3 is 2.52 bits per heavy atom. The third kappa shape index (κ3) is 4.75. The van der Waals surface area contributed by atoms with Crippen LogP contribution in [0, 0.1) is 12.8 Å². The molecule has 2 aromatic rings. The van der Waals surface area contributed by atoms with Gasteiger partial charge in [-0.15, -0.1) is 0 Å². The van der Waals surface area contributed by atoms with Crippen molar-refractivity contribution in [3.63, 3.8) is 0 Å². The molecule has 1 aromatic heterocycles. The van der Waals surface area contributed by atoms with Crippen LogP contribution in [-0.4, -0.2) is 41.9 Å². The SMILES string of the molecule is Cc1noc(COC(=O)C2CCN(S(=O)(=O)c3ccccc3C(F)(F)F)CC2)n1. The molecule has 0 atom stereocenters. The summed E-state index contributed by atoms with van der Waals surface area (Å²) in [5.74, 6) is -0.578. The molecule has 0 bridgehead atoms. The van der Waals surface area contributed by atoms with Crippen LogP contribution in [0.2, 0.25) is 0 Å². The summed E-state index contributed by atoms with van der Waals surface area (Å²) in [5.41, 5.74) is -1.21. The molecule has 1 aromatic carbocycles. The highest BCUT2D eigenvalue weighted by Gasteiger charge is 2.40. The number of piperidine rings is 1. The molecule has 0 spiro atoms. The lowest BCUT2D eigenvalue weighted by Crippen LogP contribution is -2.41. The van der Waals surface area contributed by atoms with E-state index in [1.807, 2.05) is 0 Å². The van der Waals surface area contributed by atoms with Crippen LogP contribution < -0.4 is 0 Å². The summed E-state index contributed by atoms with van der Waals surface area (Å²) in [7, 11) is -4.35. The monoisotopic (exact) mass is 433 g/mol. The molecule has 1 aliphatic rings. The predicted molar refractivity (Wildman–Crippen MR) is 91.8 cm³/mol. The van der Waals surface area contributed by atoms with Gasteiger partial charge in [-0.25, -0.2) is 8.42 Å². The number of carbonyl (C=O) groups is 1. The standard InChI is InChI=1S/C17H18F3N3O5S/c1-11-21-15(28-22-11)10-27-16(24)12-6-8-23(9-7-12)29(25,26)14-5-3-2-4-13(14)17(18,19)20/h2-5,12H,6-10H2,1H3. The van der Waals surface area contributed by atoms with Crippen LogP contribution in [-0.2, 0) is 32.3 Å². The highest BCUT2D eigenvalue weighted by atomic mass is 32.2. The van der Waals surface area contributed by atoms with Gasteiger partial charge < -0.3 is 9.26 Å². The number of hydrogen-bond acceptors (Lipinski definition) is 7. The fourth-order valence-electron chi connectivity index (χ4n) is 3.05. The van der Waals surface area contributed by atoms with E-state index in [1.54, 1.807) is 6.92 Å². The van der Waals surface area contributed by atoms with Gasteiger partial charge in [0.15, 0.2) is 12.4 Å². The maximum atomic E-state index is 13.2. The zero-order chi connectivity index (χ0) is 21.2. The van der Waals surface area contributed by atoms with E-state index >= 15 is 0 Å². The first-order chi connectivity index (χ1) is 13.6. The van der Waals surface area contributed by atoms with Crippen molar-refractivity contribution in [1.29, 1.82) is 0 Å². The number of aromatic nitrogens is 2. The first-order valence-corrected chi connectivity index (χ1v) is 10.2. The van der Waals surface area contributed by atoms with Gasteiger partial charge in [-0.1, -0.05) is 17.3 Å². The van der Waals surface area contributed by atoms with Crippen LogP contribution in [0.3, 0.4) is 0 Å². The second kappa shape index (κ2) is 8.11. The van der Waals surface area contributed by atoms with E-state index < -0.39 is 38.5 Å². The lowest BCUT2D eigenvalue weighted by Gasteiger charge is -2.30. The maximum absolute atomic E-state index is 13.2. The smallest absolute Gasteiger partial charge is 0.417 e. The van der Waals surface area contributed by atoms with E-state index in [0.29, 0.717) is 5.82 Å². The maximum Gasteiger partial charge on any atom is 0.417 e. The van der Waals surface area contributed by atoms with Crippen LogP contribution in [0.15, 0.2) is 33.7 Å². The van der Waals surface area contributed by atoms with Crippen LogP contribution in [0.4, 0.5) is 13.2 Å². The first-order valence-electron chi connectivity index (χ1n) is 8.71. The van der Waals surface area contributed by atoms with Gasteiger partial charge in [0.05, 0.1) is 16.4 Å². The van der Waals surface area contributed by atoms with E-state index in [0.717, 1.165) is 22.5 Å². The Morgan fingerprint density at radius 2 is 1.93 bits per heavy atom. The van der Waals surface area contributed by atoms with Crippen LogP contribution in [0.25, 0.3) is 0 Å². The number of ether oxygens (including phenoxy) is 1. The Morgan fingerprint density at radius 1 is 1.28 bits per heavy atom. The summed E-state index contributed by atoms with van der Waals surface area (Å²) in [5, 5.41) is 3.57. The number of nitrogens with zero attached hydrogens (tertiary/aromatic N) is 3. The zero-order valence-electron chi connectivity index (χ0n) is 15.3. The minimum absolute atomic E-state index is 0.0893. The zero-order valence-corrected chi connectivity index (χ0v) is 16.2. The van der Waals surface area contributed by atoms with E-state index in [9.17, 15) is 26.4 Å². The molecule has 0 N–H and O–H groups in total. The topological polar surface area (TPSA) is 103 Å². The average molecular weight is 433 g/mol. The number of hydrogen-bond donors (Lipinski definition) is 0. The molecule has 1 aliphatic heterocycles. The number of alkyl halides is 3. The van der Waals surface area contributed by atoms with Crippen molar-refractivity contribution < 1.29 is 35.6 Å². The number of aryl methyl sites for hydroxylation is 1. The number of halogens is 3. The molecular formula is C17H18F3N3O5S. The largest absolute Gasteiger partial charge is 0.455 e. The highest BCUT2D eigenvalue weighted by Crippen LogP contribution is 2.36. The van der Waals surface area contributed by atoms with Crippen LogP contribution in [0.5, 0.6) is 0 Å². The van der Waals surface area contributed by atoms with Crippen molar-refractivity contribution in [1.82, 2.24) is 14.4 Å². The summed E-state index contributed by atoms with van der Waals surface area (Å²) in [6.07, 6.45) is -4.52. The van der Waals surface area contributed by atoms with Crippen LogP contribution >= 0.6 is 0 Å². The second-order valence-electron chi connectivity index (χ2n) is 6.52. The summed E-state index contributed by atoms with van der Waals surface area (Å²) in [4.78, 5) is 15.3. The lowest BCUT2D eigenvalue weighted by molar-refractivity contribution is -0.152. The van der Waals surface area contributed by atoms with E-state index in [2.05, 4.69) is 10.1 Å². The van der Waals surface area contributed by atoms with E-state index in [4.69, 9.17) is 9.26 Å². The molecule has 3 rings (SSSR count). The van der Waals surface area contributed by atoms with Gasteiger partial charge in [0, 0.05) is 13.1 Å². The van der Waals surface area contributed by atoms with Crippen molar-refractivity contribution in [2.75, 3.05) is 13.1 Å². The van der Waals surface area contributed by atoms with Crippen molar-refractivity contribution in [3.05, 3.63) is 41.5 Å². The first kappa shape index (κ1) is 21.2. The summed E-state index contributed by atoms with van der Waals surface area (Å²) in [6, 6.07) is 4.04. The van der Waals surface area contributed by atoms with E-state index in [-0.39, 0.29) is 38.4 Å². The quantitative estimate of drug-likeness (QED) is 0.668. The molecule has 158 valence electrons. The summed E-state index contributed by atoms with van der Waals surface area (Å²) < 4.78 is 75.9. The number of sulfonamides is 1. The Bertz CT molecular complexity index is 982. The lowest BCUT2D eigenvalue weighted by atomic mass is 9.98. The molecule has 0 radical (unpaired) electrons. The third-order valence-corrected chi connectivity index (χ3v) is 6.46. The normalized spacial score (nSPS) is 16.7. The Labute approximate surface area is 164 Å². The molecule has 29 heavy (non-hydrogen) atoms. The molecule has 0 unspecified atom stereocenters. The van der Waals surface area contributed by atoms with Gasteiger partial charge in [0.1, 0.15) is 0 Å². The fourth-order valence-corrected chi connectivity index (χ4v) is 4.73. The van der Waals surface area contributed by atoms with Gasteiger partial charge >= 0.3 is 12.1 Å². The molecule has 1 fully saturated rings. The molecule has 0 amide bonds. The molecule has 12 heteroatoms. The minimum Gasteiger partial charge on any atom is -0.455 e. The van der Waals surface area contributed by atoms with Crippen molar-refractivity contribution in [2.24, 2.45) is 5.92 Å². The summed E-state index contributed by atoms with van der Waals surface area (Å²) in [6.45, 7) is 1.24. The van der Waals surface area contributed by atoms with Gasteiger partial charge in [0.2, 0.25) is 10.0 Å². The number of carbonyl (C=O) groups excluding carboxylic acids is 1. The second-order valence-corrected chi connectivity index (χ2v) is 8.42. The van der Waals surface area contributed by atoms with Gasteiger partial charge in [0.25, 0.3) is 5.89 Å². The average Bonchev–Trinajstić information content (AvgIpc) is 3.11. The minimum atomic E-state index is -4.79. The van der Waals surface area contributed by atoms with Crippen molar-refractivity contribution in [2.45, 2.75) is 37.4 Å². The Balaban J connectivity index is 1.63. The van der Waals surface area contributed by atoms with Crippen molar-refractivity contribution in [3.8, 4) is 0 Å². The van der Waals surface area contributed by atoms with Gasteiger partial charge in [-0.05, 0) is 31.9 Å². The highest BCUT2D eigenvalue weighted by molar-refractivity contribution is 7.89. The fraction of sp³-hybridized carbons (Fsp3) is 0.471. The number of benzene rings is 1. The van der Waals surface area contributed by atoms with E-state index in [1.165, 1.54) is 6.07 Å². The molecular weight excluding hydrogens is 415 g/mol. The molecule has 8 nitrogen and oxygen atoms in total. The number of esters is 1. The van der Waals surface area contributed by atoms with Crippen LogP contribution in [0.1, 0.15) is 30.1 Å². The van der Waals surface area contributed by atoms with Crippen molar-refractivity contribution >= 4 is 16.0 Å². The Kier molecular flexibility index (Phi) is 5.94. The molecule has 2 heterocycles. The summed E-state index contributed by atoms with van der Waals surface area (Å²) >= 11 is 0. The van der Waals surface area contributed by atoms with Gasteiger partial charge in [-0.2, -0.15) is 22.5 Å². The Hall–Kier alpha value is -2.47. The molecule has 0 saturated carbocycles. The number of rotatable bonds is 5. The van der Waals surface area contributed by atoms with Gasteiger partial charge in [-0.3, -0.25) is 4.79 Å². The predicted octanol–water partition coefficient (Wildman–Crippen LogP) is 2.54.